The first kappa shape index (κ1) is 15.9. The molecule has 0 saturated heterocycles. The van der Waals surface area contributed by atoms with E-state index in [1.54, 1.807) is 18.0 Å². The van der Waals surface area contributed by atoms with Gasteiger partial charge in [0.05, 0.1) is 25.5 Å². The molecule has 0 aliphatic heterocycles. The van der Waals surface area contributed by atoms with Gasteiger partial charge in [-0.1, -0.05) is 30.7 Å². The Morgan fingerprint density at radius 3 is 3.05 bits per heavy atom. The van der Waals surface area contributed by atoms with Gasteiger partial charge in [0, 0.05) is 15.8 Å². The number of methoxy groups -OCH3 is 1. The van der Waals surface area contributed by atoms with Crippen molar-refractivity contribution in [3.8, 4) is 11.3 Å². The van der Waals surface area contributed by atoms with E-state index in [4.69, 9.17) is 16.0 Å². The minimum absolute atomic E-state index is 0.152. The van der Waals surface area contributed by atoms with E-state index in [0.717, 1.165) is 5.56 Å². The molecule has 2 rings (SSSR count). The predicted octanol–water partition coefficient (Wildman–Crippen LogP) is 4.18. The Morgan fingerprint density at radius 1 is 1.52 bits per heavy atom. The fourth-order valence-electron chi connectivity index (χ4n) is 1.74. The first-order chi connectivity index (χ1) is 10.1. The summed E-state index contributed by atoms with van der Waals surface area (Å²) >= 11 is 7.56. The van der Waals surface area contributed by atoms with Gasteiger partial charge in [-0.25, -0.2) is 4.98 Å². The molecule has 0 spiro atoms. The number of benzene rings is 1. The number of oxazole rings is 1. The Labute approximate surface area is 132 Å². The number of nitrogens with zero attached hydrogens (tertiary/aromatic N) is 1. The molecular formula is C15H16ClNO3S. The molecule has 0 aliphatic rings. The zero-order valence-corrected chi connectivity index (χ0v) is 13.4. The van der Waals surface area contributed by atoms with Crippen molar-refractivity contribution in [1.29, 1.82) is 0 Å². The van der Waals surface area contributed by atoms with Crippen LogP contribution in [0, 0.1) is 0 Å². The van der Waals surface area contributed by atoms with Gasteiger partial charge in [-0.3, -0.25) is 4.79 Å². The first-order valence-corrected chi connectivity index (χ1v) is 7.90. The topological polar surface area (TPSA) is 52.3 Å². The summed E-state index contributed by atoms with van der Waals surface area (Å²) < 4.78 is 10.3. The molecule has 21 heavy (non-hydrogen) atoms. The highest BCUT2D eigenvalue weighted by molar-refractivity contribution is 7.99. The summed E-state index contributed by atoms with van der Waals surface area (Å²) in [4.78, 5) is 15.4. The molecule has 0 saturated carbocycles. The number of carbonyl (C=O) groups excluding carboxylic acids is 1. The summed E-state index contributed by atoms with van der Waals surface area (Å²) in [6, 6.07) is 7.43. The molecule has 0 amide bonds. The van der Waals surface area contributed by atoms with E-state index < -0.39 is 0 Å². The smallest absolute Gasteiger partial charge is 0.306 e. The van der Waals surface area contributed by atoms with Gasteiger partial charge in [0.1, 0.15) is 0 Å². The minimum Gasteiger partial charge on any atom is -0.469 e. The van der Waals surface area contributed by atoms with E-state index in [0.29, 0.717) is 28.8 Å². The zero-order chi connectivity index (χ0) is 15.2. The molecule has 1 aromatic carbocycles. The molecule has 0 fully saturated rings. The van der Waals surface area contributed by atoms with Gasteiger partial charge in [-0.05, 0) is 12.1 Å². The largest absolute Gasteiger partial charge is 0.469 e. The van der Waals surface area contributed by atoms with Crippen molar-refractivity contribution >= 4 is 29.3 Å². The highest BCUT2D eigenvalue weighted by Gasteiger charge is 2.12. The van der Waals surface area contributed by atoms with Crippen LogP contribution in [-0.2, 0) is 15.3 Å². The van der Waals surface area contributed by atoms with Crippen molar-refractivity contribution in [2.24, 2.45) is 0 Å². The Hall–Kier alpha value is -1.46. The van der Waals surface area contributed by atoms with E-state index in [1.807, 2.05) is 31.2 Å². The molecule has 1 unspecified atom stereocenters. The molecule has 1 aromatic heterocycles. The fourth-order valence-corrected chi connectivity index (χ4v) is 2.75. The van der Waals surface area contributed by atoms with Crippen molar-refractivity contribution in [3.05, 3.63) is 41.4 Å². The number of hydrogen-bond donors (Lipinski definition) is 0. The Morgan fingerprint density at radius 2 is 2.33 bits per heavy atom. The van der Waals surface area contributed by atoms with Crippen molar-refractivity contribution in [2.75, 3.05) is 7.11 Å². The Balaban J connectivity index is 1.93. The van der Waals surface area contributed by atoms with Crippen LogP contribution in [0.1, 0.15) is 19.2 Å². The van der Waals surface area contributed by atoms with Crippen LogP contribution in [-0.4, -0.2) is 23.3 Å². The van der Waals surface area contributed by atoms with Gasteiger partial charge in [-0.2, -0.15) is 0 Å². The number of ether oxygens (including phenoxy) is 1. The normalized spacial score (nSPS) is 12.1. The summed E-state index contributed by atoms with van der Waals surface area (Å²) in [5, 5.41) is 0.811. The quantitative estimate of drug-likeness (QED) is 0.746. The number of rotatable bonds is 6. The summed E-state index contributed by atoms with van der Waals surface area (Å²) in [5.41, 5.74) is 0.897. The maximum Gasteiger partial charge on any atom is 0.306 e. The zero-order valence-electron chi connectivity index (χ0n) is 11.8. The highest BCUT2D eigenvalue weighted by atomic mass is 35.5. The molecule has 1 heterocycles. The van der Waals surface area contributed by atoms with Crippen molar-refractivity contribution < 1.29 is 13.9 Å². The summed E-state index contributed by atoms with van der Waals surface area (Å²) in [7, 11) is 1.39. The van der Waals surface area contributed by atoms with Crippen LogP contribution in [0.4, 0.5) is 0 Å². The third-order valence-electron chi connectivity index (χ3n) is 2.84. The second-order valence-electron chi connectivity index (χ2n) is 4.53. The number of hydrogen-bond acceptors (Lipinski definition) is 5. The van der Waals surface area contributed by atoms with Crippen LogP contribution in [0.15, 0.2) is 34.9 Å². The van der Waals surface area contributed by atoms with E-state index in [1.165, 1.54) is 7.11 Å². The lowest BCUT2D eigenvalue weighted by Gasteiger charge is -2.07. The Kier molecular flexibility index (Phi) is 5.70. The SMILES string of the molecule is COC(=O)CC(C)SCc1ncc(-c2cccc(Cl)c2)o1. The van der Waals surface area contributed by atoms with E-state index >= 15 is 0 Å². The van der Waals surface area contributed by atoms with Gasteiger partial charge < -0.3 is 9.15 Å². The molecule has 0 radical (unpaired) electrons. The molecule has 0 N–H and O–H groups in total. The van der Waals surface area contributed by atoms with Crippen molar-refractivity contribution in [2.45, 2.75) is 24.3 Å². The van der Waals surface area contributed by atoms with Crippen molar-refractivity contribution in [3.63, 3.8) is 0 Å². The number of halogens is 1. The third kappa shape index (κ3) is 4.79. The lowest BCUT2D eigenvalue weighted by atomic mass is 10.2. The van der Waals surface area contributed by atoms with E-state index in [9.17, 15) is 4.79 Å². The first-order valence-electron chi connectivity index (χ1n) is 6.47. The van der Waals surface area contributed by atoms with Crippen molar-refractivity contribution in [1.82, 2.24) is 4.98 Å². The van der Waals surface area contributed by atoms with Gasteiger partial charge >= 0.3 is 5.97 Å². The van der Waals surface area contributed by atoms with E-state index in [-0.39, 0.29) is 11.2 Å². The molecule has 0 bridgehead atoms. The molecule has 0 aliphatic carbocycles. The van der Waals surface area contributed by atoms with Gasteiger partial charge in [0.15, 0.2) is 5.76 Å². The summed E-state index contributed by atoms with van der Waals surface area (Å²) in [6.07, 6.45) is 2.07. The number of esters is 1. The van der Waals surface area contributed by atoms with Crippen LogP contribution in [0.2, 0.25) is 5.02 Å². The second-order valence-corrected chi connectivity index (χ2v) is 6.39. The monoisotopic (exact) mass is 325 g/mol. The summed E-state index contributed by atoms with van der Waals surface area (Å²) in [5.74, 6) is 1.72. The molecule has 2 aromatic rings. The standard InChI is InChI=1S/C15H16ClNO3S/c1-10(6-15(18)19-2)21-9-14-17-8-13(20-14)11-4-3-5-12(16)7-11/h3-5,7-8,10H,6,9H2,1-2H3. The summed E-state index contributed by atoms with van der Waals surface area (Å²) in [6.45, 7) is 1.97. The average molecular weight is 326 g/mol. The molecule has 4 nitrogen and oxygen atoms in total. The number of thioether (sulfide) groups is 1. The molecule has 1 atom stereocenters. The average Bonchev–Trinajstić information content (AvgIpc) is 2.94. The molecule has 112 valence electrons. The van der Waals surface area contributed by atoms with Crippen LogP contribution < -0.4 is 0 Å². The van der Waals surface area contributed by atoms with Gasteiger partial charge in [0.2, 0.25) is 5.89 Å². The number of aromatic nitrogens is 1. The van der Waals surface area contributed by atoms with Gasteiger partial charge in [-0.15, -0.1) is 11.8 Å². The lowest BCUT2D eigenvalue weighted by molar-refractivity contribution is -0.140. The highest BCUT2D eigenvalue weighted by Crippen LogP contribution is 2.26. The fraction of sp³-hybridized carbons (Fsp3) is 0.333. The molecular weight excluding hydrogens is 310 g/mol. The second kappa shape index (κ2) is 7.52. The molecule has 6 heteroatoms. The van der Waals surface area contributed by atoms with E-state index in [2.05, 4.69) is 9.72 Å². The predicted molar refractivity (Wildman–Crippen MR) is 84.3 cm³/mol. The van der Waals surface area contributed by atoms with Crippen LogP contribution in [0.5, 0.6) is 0 Å². The third-order valence-corrected chi connectivity index (χ3v) is 4.22. The Bertz CT molecular complexity index is 614. The maximum absolute atomic E-state index is 11.2. The maximum atomic E-state index is 11.2. The van der Waals surface area contributed by atoms with Crippen LogP contribution in [0.3, 0.4) is 0 Å². The number of carbonyl (C=O) groups is 1. The minimum atomic E-state index is -0.206. The lowest BCUT2D eigenvalue weighted by Crippen LogP contribution is -2.08. The van der Waals surface area contributed by atoms with Crippen LogP contribution in [0.25, 0.3) is 11.3 Å². The van der Waals surface area contributed by atoms with Crippen LogP contribution >= 0.6 is 23.4 Å². The van der Waals surface area contributed by atoms with Gasteiger partial charge in [0.25, 0.3) is 0 Å².